The molecular formula is C32H36BrNO6. The predicted octanol–water partition coefficient (Wildman–Crippen LogP) is 6.71. The molecule has 2 unspecified atom stereocenters. The third-order valence-electron chi connectivity index (χ3n) is 8.26. The number of ketones is 1. The number of methoxy groups -OCH3 is 3. The van der Waals surface area contributed by atoms with Crippen molar-refractivity contribution in [2.75, 3.05) is 21.3 Å². The van der Waals surface area contributed by atoms with Crippen LogP contribution in [0.15, 0.2) is 63.4 Å². The molecule has 2 aliphatic carbocycles. The van der Waals surface area contributed by atoms with Crippen molar-refractivity contribution in [3.63, 3.8) is 0 Å². The number of allylic oxidation sites excluding steroid dienone is 3. The molecule has 1 heterocycles. The minimum Gasteiger partial charge on any atom is -0.496 e. The number of esters is 1. The molecule has 1 aliphatic heterocycles. The Morgan fingerprint density at radius 1 is 0.900 bits per heavy atom. The number of hydrogen-bond donors (Lipinski definition) is 1. The van der Waals surface area contributed by atoms with Crippen LogP contribution in [0.1, 0.15) is 74.8 Å². The van der Waals surface area contributed by atoms with Gasteiger partial charge in [-0.25, -0.2) is 4.79 Å². The lowest BCUT2D eigenvalue weighted by Gasteiger charge is -2.37. The minimum atomic E-state index is -0.598. The van der Waals surface area contributed by atoms with Gasteiger partial charge in [0.15, 0.2) is 17.3 Å². The third kappa shape index (κ3) is 5.51. The maximum absolute atomic E-state index is 14.0. The summed E-state index contributed by atoms with van der Waals surface area (Å²) in [5, 5.41) is 3.45. The van der Waals surface area contributed by atoms with Gasteiger partial charge < -0.3 is 24.3 Å². The van der Waals surface area contributed by atoms with Crippen molar-refractivity contribution in [2.24, 2.45) is 0 Å². The Morgan fingerprint density at radius 3 is 2.30 bits per heavy atom. The van der Waals surface area contributed by atoms with Crippen molar-refractivity contribution in [3.8, 4) is 17.2 Å². The van der Waals surface area contributed by atoms with E-state index in [1.807, 2.05) is 43.3 Å². The average Bonchev–Trinajstić information content (AvgIpc) is 2.96. The largest absolute Gasteiger partial charge is 0.496 e. The van der Waals surface area contributed by atoms with E-state index >= 15 is 0 Å². The van der Waals surface area contributed by atoms with Crippen LogP contribution in [0.25, 0.3) is 0 Å². The second-order valence-electron chi connectivity index (χ2n) is 10.7. The van der Waals surface area contributed by atoms with Gasteiger partial charge in [0.25, 0.3) is 0 Å². The lowest BCUT2D eigenvalue weighted by molar-refractivity contribution is -0.146. The van der Waals surface area contributed by atoms with Gasteiger partial charge in [-0.05, 0) is 80.8 Å². The zero-order valence-electron chi connectivity index (χ0n) is 23.5. The van der Waals surface area contributed by atoms with Gasteiger partial charge in [0.1, 0.15) is 11.9 Å². The van der Waals surface area contributed by atoms with Crippen molar-refractivity contribution in [3.05, 3.63) is 74.5 Å². The molecular weight excluding hydrogens is 574 g/mol. The van der Waals surface area contributed by atoms with E-state index in [0.717, 1.165) is 47.0 Å². The highest BCUT2D eigenvalue weighted by molar-refractivity contribution is 9.10. The van der Waals surface area contributed by atoms with E-state index in [1.54, 1.807) is 21.3 Å². The van der Waals surface area contributed by atoms with E-state index in [9.17, 15) is 9.59 Å². The van der Waals surface area contributed by atoms with Crippen LogP contribution in [0, 0.1) is 0 Å². The molecule has 2 atom stereocenters. The van der Waals surface area contributed by atoms with Crippen LogP contribution >= 0.6 is 15.9 Å². The zero-order chi connectivity index (χ0) is 28.4. The Hall–Kier alpha value is -3.26. The van der Waals surface area contributed by atoms with Gasteiger partial charge in [-0.15, -0.1) is 0 Å². The van der Waals surface area contributed by atoms with Gasteiger partial charge in [-0.3, -0.25) is 4.79 Å². The van der Waals surface area contributed by atoms with Crippen molar-refractivity contribution in [1.82, 2.24) is 5.32 Å². The Balaban J connectivity index is 1.56. The summed E-state index contributed by atoms with van der Waals surface area (Å²) in [6.45, 7) is 1.89. The topological polar surface area (TPSA) is 83.1 Å². The molecule has 0 spiro atoms. The molecule has 3 aliphatic rings. The monoisotopic (exact) mass is 609 g/mol. The molecule has 1 saturated carbocycles. The maximum atomic E-state index is 14.0. The van der Waals surface area contributed by atoms with Gasteiger partial charge in [-0.1, -0.05) is 28.4 Å². The second-order valence-corrected chi connectivity index (χ2v) is 11.6. The van der Waals surface area contributed by atoms with E-state index in [1.165, 1.54) is 6.42 Å². The highest BCUT2D eigenvalue weighted by Crippen LogP contribution is 2.49. The van der Waals surface area contributed by atoms with Crippen molar-refractivity contribution in [2.45, 2.75) is 69.8 Å². The Kier molecular flexibility index (Phi) is 8.54. The fourth-order valence-corrected chi connectivity index (χ4v) is 6.67. The molecule has 7 nitrogen and oxygen atoms in total. The summed E-state index contributed by atoms with van der Waals surface area (Å²) in [5.41, 5.74) is 4.37. The summed E-state index contributed by atoms with van der Waals surface area (Å²) < 4.78 is 23.6. The van der Waals surface area contributed by atoms with Gasteiger partial charge in [0.2, 0.25) is 0 Å². The summed E-state index contributed by atoms with van der Waals surface area (Å²) in [6.07, 6.45) is 5.86. The number of Topliss-reactive ketones (excluding diaryl/α,β-unsaturated/α-hetero) is 1. The van der Waals surface area contributed by atoms with Gasteiger partial charge >= 0.3 is 5.97 Å². The highest BCUT2D eigenvalue weighted by Gasteiger charge is 2.43. The first-order valence-corrected chi connectivity index (χ1v) is 14.6. The normalized spacial score (nSPS) is 21.5. The first kappa shape index (κ1) is 28.3. The number of nitrogens with one attached hydrogen (secondary N) is 1. The lowest BCUT2D eigenvalue weighted by atomic mass is 9.71. The standard InChI is InChI=1S/C32H36BrNO6/c1-18-29(32(36)40-22-8-6-5-7-9-22)30(23-17-21(33)11-13-26(23)37-2)31-24(34-18)14-20(15-25(31)35)19-10-12-27(38-3)28(16-19)39-4/h10-13,16-17,20,22,30,34H,5-9,14-15H2,1-4H3. The summed E-state index contributed by atoms with van der Waals surface area (Å²) in [7, 11) is 4.82. The van der Waals surface area contributed by atoms with Crippen LogP contribution in [-0.4, -0.2) is 39.2 Å². The van der Waals surface area contributed by atoms with Gasteiger partial charge in [0.05, 0.1) is 32.8 Å². The Morgan fingerprint density at radius 2 is 1.60 bits per heavy atom. The number of ether oxygens (including phenoxy) is 4. The smallest absolute Gasteiger partial charge is 0.337 e. The number of dihydropyridines is 1. The van der Waals surface area contributed by atoms with E-state index in [2.05, 4.69) is 21.2 Å². The molecule has 8 heteroatoms. The summed E-state index contributed by atoms with van der Waals surface area (Å²) in [4.78, 5) is 27.9. The van der Waals surface area contributed by atoms with Gasteiger partial charge in [-0.2, -0.15) is 0 Å². The molecule has 2 aromatic rings. The summed E-state index contributed by atoms with van der Waals surface area (Å²) in [5.74, 6) is 0.870. The molecule has 5 rings (SSSR count). The molecule has 0 bridgehead atoms. The number of carbonyl (C=O) groups is 2. The lowest BCUT2D eigenvalue weighted by Crippen LogP contribution is -2.37. The van der Waals surface area contributed by atoms with Crippen LogP contribution < -0.4 is 19.5 Å². The fraction of sp³-hybridized carbons (Fsp3) is 0.438. The first-order valence-electron chi connectivity index (χ1n) is 13.8. The van der Waals surface area contributed by atoms with Crippen LogP contribution in [0.4, 0.5) is 0 Å². The van der Waals surface area contributed by atoms with Crippen LogP contribution in [0.2, 0.25) is 0 Å². The summed E-state index contributed by atoms with van der Waals surface area (Å²) >= 11 is 3.59. The zero-order valence-corrected chi connectivity index (χ0v) is 25.1. The Bertz CT molecular complexity index is 1370. The number of hydrogen-bond acceptors (Lipinski definition) is 7. The molecule has 1 fully saturated rings. The number of halogens is 1. The third-order valence-corrected chi connectivity index (χ3v) is 8.75. The molecule has 212 valence electrons. The maximum Gasteiger partial charge on any atom is 0.337 e. The van der Waals surface area contributed by atoms with Gasteiger partial charge in [0, 0.05) is 33.4 Å². The molecule has 40 heavy (non-hydrogen) atoms. The second kappa shape index (κ2) is 12.1. The van der Waals surface area contributed by atoms with Crippen molar-refractivity contribution in [1.29, 1.82) is 0 Å². The predicted molar refractivity (Wildman–Crippen MR) is 156 cm³/mol. The molecule has 0 saturated heterocycles. The minimum absolute atomic E-state index is 0.00368. The number of benzene rings is 2. The van der Waals surface area contributed by atoms with Crippen LogP contribution in [0.3, 0.4) is 0 Å². The Labute approximate surface area is 244 Å². The first-order chi connectivity index (χ1) is 19.3. The molecule has 0 amide bonds. The van der Waals surface area contributed by atoms with Crippen LogP contribution in [-0.2, 0) is 14.3 Å². The SMILES string of the molecule is COc1ccc(C2CC(=O)C3=C(C2)NC(C)=C(C(=O)OC2CCCCC2)C3c2cc(Br)ccc2OC)cc1OC. The van der Waals surface area contributed by atoms with Crippen molar-refractivity contribution >= 4 is 27.7 Å². The van der Waals surface area contributed by atoms with E-state index < -0.39 is 5.92 Å². The molecule has 0 radical (unpaired) electrons. The highest BCUT2D eigenvalue weighted by atomic mass is 79.9. The quantitative estimate of drug-likeness (QED) is 0.349. The van der Waals surface area contributed by atoms with Crippen molar-refractivity contribution < 1.29 is 28.5 Å². The fourth-order valence-electron chi connectivity index (χ4n) is 6.29. The molecule has 2 aromatic carbocycles. The number of rotatable bonds is 7. The molecule has 0 aromatic heterocycles. The van der Waals surface area contributed by atoms with E-state index in [0.29, 0.717) is 46.9 Å². The van der Waals surface area contributed by atoms with Crippen LogP contribution in [0.5, 0.6) is 17.2 Å². The van der Waals surface area contributed by atoms with E-state index in [4.69, 9.17) is 18.9 Å². The molecule has 1 N–H and O–H groups in total. The summed E-state index contributed by atoms with van der Waals surface area (Å²) in [6, 6.07) is 11.5. The van der Waals surface area contributed by atoms with E-state index in [-0.39, 0.29) is 23.8 Å². The number of carbonyl (C=O) groups excluding carboxylic acids is 2. The average molecular weight is 611 g/mol.